The summed E-state index contributed by atoms with van der Waals surface area (Å²) in [5.74, 6) is -1.78. The summed E-state index contributed by atoms with van der Waals surface area (Å²) in [7, 11) is 0. The normalized spacial score (nSPS) is 11.0. The van der Waals surface area contributed by atoms with Crippen molar-refractivity contribution in [3.05, 3.63) is 52.2 Å². The number of hydrogen-bond donors (Lipinski definition) is 3. The largest absolute Gasteiger partial charge is 0.405 e. The summed E-state index contributed by atoms with van der Waals surface area (Å²) in [6.45, 7) is -2.05. The van der Waals surface area contributed by atoms with Crippen LogP contribution < -0.4 is 16.0 Å². The Morgan fingerprint density at radius 2 is 1.79 bits per heavy atom. The third-order valence-electron chi connectivity index (χ3n) is 3.71. The van der Waals surface area contributed by atoms with E-state index in [-0.39, 0.29) is 11.5 Å². The van der Waals surface area contributed by atoms with E-state index in [0.29, 0.717) is 18.5 Å². The minimum absolute atomic E-state index is 0.171. The van der Waals surface area contributed by atoms with Crippen LogP contribution in [0.15, 0.2) is 41.8 Å². The fraction of sp³-hybridized carbons (Fsp3) is 0.316. The zero-order chi connectivity index (χ0) is 21.3. The molecule has 0 bridgehead atoms. The van der Waals surface area contributed by atoms with Gasteiger partial charge in [-0.05, 0) is 42.5 Å². The van der Waals surface area contributed by atoms with Gasteiger partial charge in [-0.15, -0.1) is 11.3 Å². The van der Waals surface area contributed by atoms with Crippen LogP contribution in [0.5, 0.6) is 0 Å². The summed E-state index contributed by atoms with van der Waals surface area (Å²) in [5, 5.41) is 8.57. The number of thiophene rings is 1. The van der Waals surface area contributed by atoms with Crippen molar-refractivity contribution >= 4 is 34.7 Å². The number of rotatable bonds is 9. The van der Waals surface area contributed by atoms with Crippen LogP contribution in [0, 0.1) is 0 Å². The van der Waals surface area contributed by atoms with Crippen LogP contribution >= 0.6 is 11.3 Å². The number of benzene rings is 1. The summed E-state index contributed by atoms with van der Waals surface area (Å²) in [5.41, 5.74) is 0.588. The second kappa shape index (κ2) is 10.6. The molecule has 0 atom stereocenters. The Labute approximate surface area is 169 Å². The van der Waals surface area contributed by atoms with E-state index in [0.717, 1.165) is 6.42 Å². The quantitative estimate of drug-likeness (QED) is 0.575. The number of nitrogens with one attached hydrogen (secondary N) is 3. The first kappa shape index (κ1) is 22.4. The number of halogens is 3. The first-order valence-electron chi connectivity index (χ1n) is 8.77. The highest BCUT2D eigenvalue weighted by molar-refractivity contribution is 7.09. The van der Waals surface area contributed by atoms with Crippen molar-refractivity contribution in [1.29, 1.82) is 0 Å². The van der Waals surface area contributed by atoms with Crippen LogP contribution in [0.2, 0.25) is 0 Å². The molecule has 29 heavy (non-hydrogen) atoms. The van der Waals surface area contributed by atoms with Crippen molar-refractivity contribution < 1.29 is 27.6 Å². The van der Waals surface area contributed by atoms with Crippen molar-refractivity contribution in [2.24, 2.45) is 0 Å². The molecule has 10 heteroatoms. The Morgan fingerprint density at radius 3 is 2.48 bits per heavy atom. The maximum absolute atomic E-state index is 12.1. The van der Waals surface area contributed by atoms with Crippen molar-refractivity contribution in [1.82, 2.24) is 10.6 Å². The maximum Gasteiger partial charge on any atom is 0.405 e. The van der Waals surface area contributed by atoms with Crippen molar-refractivity contribution in [3.8, 4) is 0 Å². The smallest absolute Gasteiger partial charge is 0.345 e. The number of carbonyl (C=O) groups is 3. The van der Waals surface area contributed by atoms with Crippen LogP contribution in [-0.2, 0) is 16.0 Å². The molecular weight excluding hydrogens is 407 g/mol. The molecule has 0 saturated heterocycles. The molecule has 3 amide bonds. The number of alkyl halides is 3. The number of anilines is 1. The van der Waals surface area contributed by atoms with Gasteiger partial charge in [-0.25, -0.2) is 0 Å². The monoisotopic (exact) mass is 427 g/mol. The second-order valence-corrected chi connectivity index (χ2v) is 7.17. The summed E-state index contributed by atoms with van der Waals surface area (Å²) in [4.78, 5) is 36.6. The van der Waals surface area contributed by atoms with Crippen molar-refractivity contribution in [3.63, 3.8) is 0 Å². The number of carbonyl (C=O) groups excluding carboxylic acids is 3. The molecule has 2 aromatic rings. The number of amides is 3. The summed E-state index contributed by atoms with van der Waals surface area (Å²) >= 11 is 1.63. The standard InChI is InChI=1S/C19H20F3N3O3S/c20-19(21,22)12-24-17(27)11-23-18(28)13-4-1-5-14(10-13)25-16(26)8-2-6-15-7-3-9-29-15/h1,3-5,7,9-10H,2,6,8,11-12H2,(H,23,28)(H,24,27)(H,25,26). The Hall–Kier alpha value is -2.88. The summed E-state index contributed by atoms with van der Waals surface area (Å²) in [6.07, 6.45) is -2.69. The van der Waals surface area contributed by atoms with E-state index in [9.17, 15) is 27.6 Å². The van der Waals surface area contributed by atoms with Gasteiger partial charge in [-0.3, -0.25) is 14.4 Å². The van der Waals surface area contributed by atoms with Crippen LogP contribution in [0.4, 0.5) is 18.9 Å². The van der Waals surface area contributed by atoms with Gasteiger partial charge in [-0.2, -0.15) is 13.2 Å². The molecule has 156 valence electrons. The molecule has 0 radical (unpaired) electrons. The lowest BCUT2D eigenvalue weighted by atomic mass is 10.1. The molecule has 0 fully saturated rings. The Kier molecular flexibility index (Phi) is 8.20. The number of aryl methyl sites for hydroxylation is 1. The Balaban J connectivity index is 1.77. The first-order valence-corrected chi connectivity index (χ1v) is 9.65. The van der Waals surface area contributed by atoms with Crippen LogP contribution in [0.3, 0.4) is 0 Å². The lowest BCUT2D eigenvalue weighted by molar-refractivity contribution is -0.137. The van der Waals surface area contributed by atoms with Crippen LogP contribution in [-0.4, -0.2) is 37.0 Å². The lowest BCUT2D eigenvalue weighted by Gasteiger charge is -2.10. The highest BCUT2D eigenvalue weighted by Crippen LogP contribution is 2.14. The van der Waals surface area contributed by atoms with Gasteiger partial charge in [0, 0.05) is 22.5 Å². The molecule has 3 N–H and O–H groups in total. The first-order chi connectivity index (χ1) is 13.7. The van der Waals surface area contributed by atoms with Gasteiger partial charge in [0.2, 0.25) is 11.8 Å². The average Bonchev–Trinajstić information content (AvgIpc) is 3.17. The molecule has 0 saturated carbocycles. The maximum atomic E-state index is 12.1. The average molecular weight is 427 g/mol. The molecule has 0 spiro atoms. The molecule has 0 aliphatic heterocycles. The fourth-order valence-electron chi connectivity index (χ4n) is 2.36. The third kappa shape index (κ3) is 8.77. The number of hydrogen-bond acceptors (Lipinski definition) is 4. The van der Waals surface area contributed by atoms with Gasteiger partial charge >= 0.3 is 6.18 Å². The third-order valence-corrected chi connectivity index (χ3v) is 4.65. The summed E-state index contributed by atoms with van der Waals surface area (Å²) < 4.78 is 36.1. The van der Waals surface area contributed by atoms with Gasteiger partial charge < -0.3 is 16.0 Å². The molecule has 0 aliphatic carbocycles. The topological polar surface area (TPSA) is 87.3 Å². The zero-order valence-corrected chi connectivity index (χ0v) is 16.2. The molecular formula is C19H20F3N3O3S. The van der Waals surface area contributed by atoms with E-state index in [1.807, 2.05) is 17.5 Å². The van der Waals surface area contributed by atoms with Crippen molar-refractivity contribution in [2.75, 3.05) is 18.4 Å². The van der Waals surface area contributed by atoms with Gasteiger partial charge in [-0.1, -0.05) is 12.1 Å². The lowest BCUT2D eigenvalue weighted by Crippen LogP contribution is -2.40. The molecule has 1 heterocycles. The van der Waals surface area contributed by atoms with Gasteiger partial charge in [0.25, 0.3) is 5.91 Å². The Bertz CT molecular complexity index is 839. The molecule has 0 aliphatic rings. The van der Waals surface area contributed by atoms with E-state index in [4.69, 9.17) is 0 Å². The molecule has 1 aromatic carbocycles. The molecule has 0 unspecified atom stereocenters. The predicted octanol–water partition coefficient (Wildman–Crippen LogP) is 3.12. The molecule has 6 nitrogen and oxygen atoms in total. The minimum Gasteiger partial charge on any atom is -0.345 e. The highest BCUT2D eigenvalue weighted by atomic mass is 32.1. The summed E-state index contributed by atoms with van der Waals surface area (Å²) in [6, 6.07) is 10.0. The SMILES string of the molecule is O=C(CNC(=O)c1cccc(NC(=O)CCCc2cccs2)c1)NCC(F)(F)F. The second-order valence-electron chi connectivity index (χ2n) is 6.14. The van der Waals surface area contributed by atoms with Crippen molar-refractivity contribution in [2.45, 2.75) is 25.4 Å². The van der Waals surface area contributed by atoms with Gasteiger partial charge in [0.05, 0.1) is 6.54 Å². The Morgan fingerprint density at radius 1 is 1.00 bits per heavy atom. The van der Waals surface area contributed by atoms with Crippen LogP contribution in [0.25, 0.3) is 0 Å². The molecule has 1 aromatic heterocycles. The highest BCUT2D eigenvalue weighted by Gasteiger charge is 2.27. The van der Waals surface area contributed by atoms with E-state index >= 15 is 0 Å². The zero-order valence-electron chi connectivity index (χ0n) is 15.3. The van der Waals surface area contributed by atoms with E-state index < -0.39 is 31.1 Å². The van der Waals surface area contributed by atoms with E-state index in [1.54, 1.807) is 28.8 Å². The fourth-order valence-corrected chi connectivity index (χ4v) is 3.11. The van der Waals surface area contributed by atoms with Gasteiger partial charge in [0.15, 0.2) is 0 Å². The predicted molar refractivity (Wildman–Crippen MR) is 104 cm³/mol. The minimum atomic E-state index is -4.52. The van der Waals surface area contributed by atoms with E-state index in [2.05, 4.69) is 10.6 Å². The van der Waals surface area contributed by atoms with E-state index in [1.165, 1.54) is 17.0 Å². The van der Waals surface area contributed by atoms with Crippen LogP contribution in [0.1, 0.15) is 28.1 Å². The molecule has 2 rings (SSSR count). The van der Waals surface area contributed by atoms with Gasteiger partial charge in [0.1, 0.15) is 6.54 Å².